The van der Waals surface area contributed by atoms with Crippen molar-refractivity contribution in [2.24, 2.45) is 17.7 Å². The van der Waals surface area contributed by atoms with Gasteiger partial charge in [0.1, 0.15) is 6.10 Å². The fraction of sp³-hybridized carbons (Fsp3) is 0.667. The largest absolute Gasteiger partial charge is 0.473 e. The third-order valence-corrected chi connectivity index (χ3v) is 4.21. The Morgan fingerprint density at radius 2 is 2.17 bits per heavy atom. The van der Waals surface area contributed by atoms with Crippen LogP contribution in [0.25, 0.3) is 0 Å². The summed E-state index contributed by atoms with van der Waals surface area (Å²) in [6.07, 6.45) is 5.23. The molecule has 0 amide bonds. The summed E-state index contributed by atoms with van der Waals surface area (Å²) in [7, 11) is 0. The average Bonchev–Trinajstić information content (AvgIpc) is 2.36. The van der Waals surface area contributed by atoms with E-state index in [4.69, 9.17) is 10.6 Å². The maximum atomic E-state index is 5.95. The van der Waals surface area contributed by atoms with Gasteiger partial charge in [0.25, 0.3) is 0 Å². The van der Waals surface area contributed by atoms with E-state index in [0.717, 1.165) is 23.2 Å². The Kier molecular flexibility index (Phi) is 4.40. The minimum Gasteiger partial charge on any atom is -0.473 e. The summed E-state index contributed by atoms with van der Waals surface area (Å²) in [4.78, 5) is 8.22. The fourth-order valence-electron chi connectivity index (χ4n) is 2.27. The van der Waals surface area contributed by atoms with Crippen LogP contribution in [0.4, 0.5) is 5.95 Å². The molecule has 0 aromatic carbocycles. The molecule has 6 heteroatoms. The van der Waals surface area contributed by atoms with E-state index in [1.807, 2.05) is 0 Å². The Morgan fingerprint density at radius 1 is 1.39 bits per heavy atom. The van der Waals surface area contributed by atoms with Crippen LogP contribution in [-0.2, 0) is 0 Å². The maximum Gasteiger partial charge on any atom is 0.240 e. The monoisotopic (exact) mass is 314 g/mol. The summed E-state index contributed by atoms with van der Waals surface area (Å²) < 4.78 is 6.71. The summed E-state index contributed by atoms with van der Waals surface area (Å²) in [5.74, 6) is 7.69. The van der Waals surface area contributed by atoms with E-state index in [2.05, 4.69) is 45.2 Å². The Morgan fingerprint density at radius 3 is 2.83 bits per heavy atom. The SMILES string of the molecule is CC1CCC(Oc2nc(NN)ncc2Br)CC1C. The van der Waals surface area contributed by atoms with Gasteiger partial charge in [-0.25, -0.2) is 10.8 Å². The zero-order valence-corrected chi connectivity index (χ0v) is 12.3. The predicted octanol–water partition coefficient (Wildman–Crippen LogP) is 2.73. The van der Waals surface area contributed by atoms with Crippen molar-refractivity contribution in [2.45, 2.75) is 39.2 Å². The molecule has 0 saturated heterocycles. The zero-order valence-electron chi connectivity index (χ0n) is 10.7. The minimum atomic E-state index is 0.230. The van der Waals surface area contributed by atoms with Crippen LogP contribution >= 0.6 is 15.9 Å². The molecule has 1 saturated carbocycles. The fourth-order valence-corrected chi connectivity index (χ4v) is 2.55. The van der Waals surface area contributed by atoms with Crippen LogP contribution in [0.3, 0.4) is 0 Å². The highest BCUT2D eigenvalue weighted by molar-refractivity contribution is 9.10. The van der Waals surface area contributed by atoms with Crippen molar-refractivity contribution >= 4 is 21.9 Å². The molecule has 0 aliphatic heterocycles. The first kappa shape index (κ1) is 13.5. The Labute approximate surface area is 116 Å². The van der Waals surface area contributed by atoms with Crippen molar-refractivity contribution < 1.29 is 4.74 Å². The molecule has 1 aromatic heterocycles. The molecular weight excluding hydrogens is 296 g/mol. The number of nitrogens with one attached hydrogen (secondary N) is 1. The smallest absolute Gasteiger partial charge is 0.240 e. The average molecular weight is 315 g/mol. The van der Waals surface area contributed by atoms with Gasteiger partial charge in [-0.1, -0.05) is 13.8 Å². The maximum absolute atomic E-state index is 5.95. The van der Waals surface area contributed by atoms with E-state index >= 15 is 0 Å². The predicted molar refractivity (Wildman–Crippen MR) is 74.1 cm³/mol. The van der Waals surface area contributed by atoms with E-state index in [-0.39, 0.29) is 6.10 Å². The normalized spacial score (nSPS) is 27.9. The highest BCUT2D eigenvalue weighted by Gasteiger charge is 2.26. The number of rotatable bonds is 3. The number of halogens is 1. The summed E-state index contributed by atoms with van der Waals surface area (Å²) in [5, 5.41) is 0. The van der Waals surface area contributed by atoms with Crippen molar-refractivity contribution in [1.82, 2.24) is 9.97 Å². The first-order valence-electron chi connectivity index (χ1n) is 6.26. The number of aromatic nitrogens is 2. The molecule has 0 radical (unpaired) electrons. The molecule has 100 valence electrons. The van der Waals surface area contributed by atoms with Crippen LogP contribution in [-0.4, -0.2) is 16.1 Å². The summed E-state index contributed by atoms with van der Waals surface area (Å²) in [6.45, 7) is 4.58. The minimum absolute atomic E-state index is 0.230. The molecule has 0 spiro atoms. The van der Waals surface area contributed by atoms with Gasteiger partial charge in [0.05, 0.1) is 10.7 Å². The molecule has 18 heavy (non-hydrogen) atoms. The van der Waals surface area contributed by atoms with Crippen molar-refractivity contribution in [3.8, 4) is 5.88 Å². The molecule has 1 heterocycles. The zero-order chi connectivity index (χ0) is 13.1. The first-order valence-corrected chi connectivity index (χ1v) is 7.05. The Hall–Kier alpha value is -0.880. The lowest BCUT2D eigenvalue weighted by Crippen LogP contribution is -2.29. The quantitative estimate of drug-likeness (QED) is 0.663. The van der Waals surface area contributed by atoms with E-state index in [0.29, 0.717) is 17.7 Å². The van der Waals surface area contributed by atoms with Crippen LogP contribution in [0.2, 0.25) is 0 Å². The molecule has 0 bridgehead atoms. The molecule has 3 N–H and O–H groups in total. The number of ether oxygens (including phenoxy) is 1. The van der Waals surface area contributed by atoms with Crippen LogP contribution < -0.4 is 16.0 Å². The van der Waals surface area contributed by atoms with Gasteiger partial charge in [0, 0.05) is 0 Å². The molecule has 2 rings (SSSR count). The molecule has 1 aliphatic rings. The number of hydrazine groups is 1. The van der Waals surface area contributed by atoms with Crippen LogP contribution in [0.1, 0.15) is 33.1 Å². The molecule has 3 atom stereocenters. The lowest BCUT2D eigenvalue weighted by atomic mass is 9.80. The van der Waals surface area contributed by atoms with Crippen molar-refractivity contribution in [3.63, 3.8) is 0 Å². The van der Waals surface area contributed by atoms with Crippen molar-refractivity contribution in [2.75, 3.05) is 5.43 Å². The Balaban J connectivity index is 2.05. The van der Waals surface area contributed by atoms with Gasteiger partial charge < -0.3 is 4.74 Å². The molecular formula is C12H19BrN4O. The third-order valence-electron chi connectivity index (χ3n) is 3.67. The van der Waals surface area contributed by atoms with Crippen molar-refractivity contribution in [1.29, 1.82) is 0 Å². The highest BCUT2D eigenvalue weighted by Crippen LogP contribution is 2.33. The first-order chi connectivity index (χ1) is 8.60. The van der Waals surface area contributed by atoms with Crippen LogP contribution in [0.15, 0.2) is 10.7 Å². The van der Waals surface area contributed by atoms with Gasteiger partial charge >= 0.3 is 0 Å². The van der Waals surface area contributed by atoms with Gasteiger partial charge in [0.15, 0.2) is 0 Å². The van der Waals surface area contributed by atoms with Crippen LogP contribution in [0, 0.1) is 11.8 Å². The van der Waals surface area contributed by atoms with Crippen LogP contribution in [0.5, 0.6) is 5.88 Å². The lowest BCUT2D eigenvalue weighted by Gasteiger charge is -2.32. The number of nitrogens with zero attached hydrogens (tertiary/aromatic N) is 2. The Bertz CT molecular complexity index is 415. The van der Waals surface area contributed by atoms with Gasteiger partial charge in [-0.05, 0) is 47.0 Å². The second-order valence-corrected chi connectivity index (χ2v) is 5.85. The number of anilines is 1. The number of nitrogen functional groups attached to an aromatic ring is 1. The summed E-state index contributed by atoms with van der Waals surface area (Å²) in [5.41, 5.74) is 2.42. The van der Waals surface area contributed by atoms with E-state index < -0.39 is 0 Å². The molecule has 1 fully saturated rings. The van der Waals surface area contributed by atoms with E-state index in [9.17, 15) is 0 Å². The number of hydrogen-bond donors (Lipinski definition) is 2. The lowest BCUT2D eigenvalue weighted by molar-refractivity contribution is 0.0957. The molecule has 1 aromatic rings. The highest BCUT2D eigenvalue weighted by atomic mass is 79.9. The van der Waals surface area contributed by atoms with Crippen molar-refractivity contribution in [3.05, 3.63) is 10.7 Å². The van der Waals surface area contributed by atoms with Gasteiger partial charge in [0.2, 0.25) is 11.8 Å². The summed E-state index contributed by atoms with van der Waals surface area (Å²) >= 11 is 3.39. The van der Waals surface area contributed by atoms with Gasteiger partial charge in [-0.3, -0.25) is 5.43 Å². The van der Waals surface area contributed by atoms with E-state index in [1.165, 1.54) is 6.42 Å². The number of hydrogen-bond acceptors (Lipinski definition) is 5. The topological polar surface area (TPSA) is 73.1 Å². The second kappa shape index (κ2) is 5.84. The third kappa shape index (κ3) is 3.11. The standard InChI is InChI=1S/C12H19BrN4O/c1-7-3-4-9(5-8(7)2)18-11-10(13)6-15-12(16-11)17-14/h6-9H,3-5,14H2,1-2H3,(H,15,16,17). The number of nitrogens with two attached hydrogens (primary N) is 1. The second-order valence-electron chi connectivity index (χ2n) is 5.00. The molecule has 5 nitrogen and oxygen atoms in total. The molecule has 1 aliphatic carbocycles. The van der Waals surface area contributed by atoms with E-state index in [1.54, 1.807) is 6.20 Å². The summed E-state index contributed by atoms with van der Waals surface area (Å²) in [6, 6.07) is 0. The van der Waals surface area contributed by atoms with Gasteiger partial charge in [-0.2, -0.15) is 4.98 Å². The van der Waals surface area contributed by atoms with Gasteiger partial charge in [-0.15, -0.1) is 0 Å². The molecule has 3 unspecified atom stereocenters.